The Hall–Kier alpha value is -1.57. The second-order valence-corrected chi connectivity index (χ2v) is 4.77. The summed E-state index contributed by atoms with van der Waals surface area (Å²) in [5.74, 6) is -0.560. The van der Waals surface area contributed by atoms with E-state index in [2.05, 4.69) is 6.07 Å². The summed E-state index contributed by atoms with van der Waals surface area (Å²) in [5, 5.41) is 9.05. The Balaban J connectivity index is 2.64. The molecule has 1 rings (SSSR count). The predicted octanol–water partition coefficient (Wildman–Crippen LogP) is 0.650. The third-order valence-corrected chi connectivity index (χ3v) is 3.61. The van der Waals surface area contributed by atoms with Crippen molar-refractivity contribution in [2.24, 2.45) is 17.1 Å². The van der Waals surface area contributed by atoms with Crippen LogP contribution in [0.3, 0.4) is 0 Å². The number of hydrogen-bond acceptors (Lipinski definition) is 3. The summed E-state index contributed by atoms with van der Waals surface area (Å²) < 4.78 is 0. The standard InChI is InChI=1S/C12H19N3O2/c1-3-12(2,8-13)11(17)15-6-4-9(5-7-15)10(14)16/h9H,3-7H2,1-2H3,(H2,14,16). The van der Waals surface area contributed by atoms with Crippen molar-refractivity contribution in [3.05, 3.63) is 0 Å². The van der Waals surface area contributed by atoms with Gasteiger partial charge in [0.2, 0.25) is 11.8 Å². The average molecular weight is 237 g/mol. The molecule has 1 aliphatic rings. The number of hydrogen-bond donors (Lipinski definition) is 1. The number of nitrogens with zero attached hydrogens (tertiary/aromatic N) is 2. The SMILES string of the molecule is CCC(C)(C#N)C(=O)N1CCC(C(N)=O)CC1. The van der Waals surface area contributed by atoms with Crippen LogP contribution in [0.25, 0.3) is 0 Å². The van der Waals surface area contributed by atoms with Crippen LogP contribution in [0.2, 0.25) is 0 Å². The highest BCUT2D eigenvalue weighted by molar-refractivity contribution is 5.85. The van der Waals surface area contributed by atoms with E-state index in [0.29, 0.717) is 32.4 Å². The minimum absolute atomic E-state index is 0.131. The fourth-order valence-electron chi connectivity index (χ4n) is 1.99. The van der Waals surface area contributed by atoms with Gasteiger partial charge in [0.05, 0.1) is 6.07 Å². The molecule has 94 valence electrons. The maximum Gasteiger partial charge on any atom is 0.242 e. The Morgan fingerprint density at radius 2 is 2.00 bits per heavy atom. The molecule has 1 heterocycles. The fraction of sp³-hybridized carbons (Fsp3) is 0.750. The van der Waals surface area contributed by atoms with Gasteiger partial charge in [-0.15, -0.1) is 0 Å². The number of rotatable bonds is 3. The first kappa shape index (κ1) is 13.5. The summed E-state index contributed by atoms with van der Waals surface area (Å²) in [6, 6.07) is 2.08. The van der Waals surface area contributed by atoms with Crippen molar-refractivity contribution >= 4 is 11.8 Å². The van der Waals surface area contributed by atoms with Gasteiger partial charge in [-0.2, -0.15) is 5.26 Å². The number of primary amides is 1. The summed E-state index contributed by atoms with van der Waals surface area (Å²) in [6.45, 7) is 4.53. The van der Waals surface area contributed by atoms with Crippen LogP contribution in [-0.4, -0.2) is 29.8 Å². The zero-order valence-electron chi connectivity index (χ0n) is 10.4. The van der Waals surface area contributed by atoms with Crippen molar-refractivity contribution in [2.45, 2.75) is 33.1 Å². The molecule has 0 aromatic heterocycles. The zero-order valence-corrected chi connectivity index (χ0v) is 10.4. The quantitative estimate of drug-likeness (QED) is 0.781. The Morgan fingerprint density at radius 1 is 1.47 bits per heavy atom. The van der Waals surface area contributed by atoms with Crippen molar-refractivity contribution in [1.82, 2.24) is 4.90 Å². The van der Waals surface area contributed by atoms with Gasteiger partial charge in [-0.25, -0.2) is 0 Å². The van der Waals surface area contributed by atoms with Gasteiger partial charge in [0.1, 0.15) is 5.41 Å². The third-order valence-electron chi connectivity index (χ3n) is 3.61. The van der Waals surface area contributed by atoms with E-state index in [4.69, 9.17) is 11.0 Å². The van der Waals surface area contributed by atoms with E-state index in [1.165, 1.54) is 0 Å². The maximum atomic E-state index is 12.1. The minimum Gasteiger partial charge on any atom is -0.369 e. The van der Waals surface area contributed by atoms with E-state index < -0.39 is 5.41 Å². The highest BCUT2D eigenvalue weighted by Gasteiger charge is 2.37. The molecule has 17 heavy (non-hydrogen) atoms. The van der Waals surface area contributed by atoms with E-state index in [0.717, 1.165) is 0 Å². The van der Waals surface area contributed by atoms with E-state index in [-0.39, 0.29) is 17.7 Å². The molecule has 2 N–H and O–H groups in total. The third kappa shape index (κ3) is 2.76. The molecule has 0 spiro atoms. The van der Waals surface area contributed by atoms with Crippen molar-refractivity contribution < 1.29 is 9.59 Å². The lowest BCUT2D eigenvalue weighted by Gasteiger charge is -2.34. The molecule has 0 bridgehead atoms. The largest absolute Gasteiger partial charge is 0.369 e. The highest BCUT2D eigenvalue weighted by atomic mass is 16.2. The van der Waals surface area contributed by atoms with Crippen LogP contribution in [0.4, 0.5) is 0 Å². The normalized spacial score (nSPS) is 20.4. The van der Waals surface area contributed by atoms with Gasteiger partial charge in [-0.1, -0.05) is 6.92 Å². The molecule has 0 saturated carbocycles. The molecule has 1 fully saturated rings. The number of carbonyl (C=O) groups is 2. The average Bonchev–Trinajstić information content (AvgIpc) is 2.37. The molecule has 1 unspecified atom stereocenters. The fourth-order valence-corrected chi connectivity index (χ4v) is 1.99. The lowest BCUT2D eigenvalue weighted by Crippen LogP contribution is -2.47. The molecule has 1 saturated heterocycles. The summed E-state index contributed by atoms with van der Waals surface area (Å²) >= 11 is 0. The van der Waals surface area contributed by atoms with Crippen LogP contribution >= 0.6 is 0 Å². The predicted molar refractivity (Wildman–Crippen MR) is 62.5 cm³/mol. The van der Waals surface area contributed by atoms with Gasteiger partial charge in [-0.05, 0) is 26.2 Å². The summed E-state index contributed by atoms with van der Waals surface area (Å²) in [7, 11) is 0. The molecular weight excluding hydrogens is 218 g/mol. The Morgan fingerprint density at radius 3 is 2.35 bits per heavy atom. The maximum absolute atomic E-state index is 12.1. The lowest BCUT2D eigenvalue weighted by atomic mass is 9.86. The summed E-state index contributed by atoms with van der Waals surface area (Å²) in [4.78, 5) is 24.8. The van der Waals surface area contributed by atoms with Gasteiger partial charge >= 0.3 is 0 Å². The van der Waals surface area contributed by atoms with Crippen LogP contribution in [0.1, 0.15) is 33.1 Å². The van der Waals surface area contributed by atoms with Crippen LogP contribution in [-0.2, 0) is 9.59 Å². The molecule has 0 aliphatic carbocycles. The van der Waals surface area contributed by atoms with Crippen LogP contribution in [0.5, 0.6) is 0 Å². The van der Waals surface area contributed by atoms with Gasteiger partial charge in [-0.3, -0.25) is 9.59 Å². The molecule has 1 atom stereocenters. The number of nitriles is 1. The van der Waals surface area contributed by atoms with Crippen LogP contribution < -0.4 is 5.73 Å². The van der Waals surface area contributed by atoms with Gasteiger partial charge in [0, 0.05) is 19.0 Å². The minimum atomic E-state index is -0.945. The van der Waals surface area contributed by atoms with Gasteiger partial charge < -0.3 is 10.6 Å². The topological polar surface area (TPSA) is 87.2 Å². The van der Waals surface area contributed by atoms with Crippen molar-refractivity contribution in [2.75, 3.05) is 13.1 Å². The summed E-state index contributed by atoms with van der Waals surface area (Å²) in [6.07, 6.45) is 1.71. The second kappa shape index (κ2) is 5.17. The zero-order chi connectivity index (χ0) is 13.1. The Kier molecular flexibility index (Phi) is 4.11. The first-order valence-electron chi connectivity index (χ1n) is 5.94. The molecule has 0 aromatic rings. The van der Waals surface area contributed by atoms with Crippen LogP contribution in [0, 0.1) is 22.7 Å². The molecule has 5 heteroatoms. The molecule has 1 aliphatic heterocycles. The molecule has 0 radical (unpaired) electrons. The number of nitrogens with two attached hydrogens (primary N) is 1. The van der Waals surface area contributed by atoms with Crippen molar-refractivity contribution in [1.29, 1.82) is 5.26 Å². The molecule has 0 aromatic carbocycles. The van der Waals surface area contributed by atoms with E-state index in [1.54, 1.807) is 11.8 Å². The van der Waals surface area contributed by atoms with E-state index in [1.807, 2.05) is 6.92 Å². The monoisotopic (exact) mass is 237 g/mol. The number of carbonyl (C=O) groups excluding carboxylic acids is 2. The number of piperidine rings is 1. The number of amides is 2. The smallest absolute Gasteiger partial charge is 0.242 e. The molecule has 2 amide bonds. The summed E-state index contributed by atoms with van der Waals surface area (Å²) in [5.41, 5.74) is 4.29. The van der Waals surface area contributed by atoms with E-state index >= 15 is 0 Å². The first-order valence-corrected chi connectivity index (χ1v) is 5.94. The van der Waals surface area contributed by atoms with Crippen molar-refractivity contribution in [3.8, 4) is 6.07 Å². The van der Waals surface area contributed by atoms with Crippen molar-refractivity contribution in [3.63, 3.8) is 0 Å². The van der Waals surface area contributed by atoms with Crippen LogP contribution in [0.15, 0.2) is 0 Å². The first-order chi connectivity index (χ1) is 7.94. The molecule has 5 nitrogen and oxygen atoms in total. The Labute approximate surface area is 102 Å². The second-order valence-electron chi connectivity index (χ2n) is 4.77. The lowest BCUT2D eigenvalue weighted by molar-refractivity contribution is -0.141. The Bertz CT molecular complexity index is 353. The van der Waals surface area contributed by atoms with Gasteiger partial charge in [0.15, 0.2) is 0 Å². The highest BCUT2D eigenvalue weighted by Crippen LogP contribution is 2.26. The molecular formula is C12H19N3O2. The number of likely N-dealkylation sites (tertiary alicyclic amines) is 1. The van der Waals surface area contributed by atoms with E-state index in [9.17, 15) is 9.59 Å². The van der Waals surface area contributed by atoms with Gasteiger partial charge in [0.25, 0.3) is 0 Å².